The van der Waals surface area contributed by atoms with Crippen molar-refractivity contribution >= 4 is 11.6 Å². The molecule has 4 heterocycles. The molecule has 0 atom stereocenters. The molecule has 6 rings (SSSR count). The molecule has 1 aromatic carbocycles. The molecular weight excluding hydrogens is 383 g/mol. The van der Waals surface area contributed by atoms with Gasteiger partial charge in [0.1, 0.15) is 11.6 Å². The molecule has 0 amide bonds. The number of fused-ring (bicyclic) bond motifs is 2. The van der Waals surface area contributed by atoms with E-state index in [0.717, 1.165) is 53.2 Å². The fourth-order valence-corrected chi connectivity index (χ4v) is 4.22. The molecule has 0 radical (unpaired) electrons. The predicted molar refractivity (Wildman–Crippen MR) is 110 cm³/mol. The number of nitrogens with one attached hydrogen (secondary N) is 1. The minimum Gasteiger partial charge on any atom is -0.493 e. The molecule has 1 aliphatic heterocycles. The van der Waals surface area contributed by atoms with E-state index in [1.54, 1.807) is 6.07 Å². The Morgan fingerprint density at radius 3 is 3.03 bits per heavy atom. The van der Waals surface area contributed by atoms with Crippen molar-refractivity contribution in [3.63, 3.8) is 0 Å². The van der Waals surface area contributed by atoms with E-state index < -0.39 is 0 Å². The van der Waals surface area contributed by atoms with Crippen LogP contribution < -0.4 is 10.1 Å². The number of halogens is 1. The summed E-state index contributed by atoms with van der Waals surface area (Å²) >= 11 is 0. The summed E-state index contributed by atoms with van der Waals surface area (Å²) in [6, 6.07) is 5.64. The number of rotatable bonds is 5. The topological polar surface area (TPSA) is 69.3 Å². The largest absolute Gasteiger partial charge is 0.493 e. The summed E-state index contributed by atoms with van der Waals surface area (Å²) in [7, 11) is 0. The highest BCUT2D eigenvalue weighted by Crippen LogP contribution is 2.38. The van der Waals surface area contributed by atoms with Gasteiger partial charge in [0.05, 0.1) is 29.6 Å². The molecule has 1 fully saturated rings. The highest BCUT2D eigenvalue weighted by atomic mass is 19.1. The highest BCUT2D eigenvalue weighted by Gasteiger charge is 2.28. The van der Waals surface area contributed by atoms with Crippen molar-refractivity contribution in [1.82, 2.24) is 24.1 Å². The molecule has 0 bridgehead atoms. The van der Waals surface area contributed by atoms with Gasteiger partial charge in [-0.2, -0.15) is 5.10 Å². The van der Waals surface area contributed by atoms with Crippen LogP contribution in [0.2, 0.25) is 0 Å². The van der Waals surface area contributed by atoms with Crippen LogP contribution in [0.1, 0.15) is 35.7 Å². The van der Waals surface area contributed by atoms with Gasteiger partial charge in [-0.25, -0.2) is 14.4 Å². The molecule has 30 heavy (non-hydrogen) atoms. The van der Waals surface area contributed by atoms with Crippen molar-refractivity contribution in [2.24, 2.45) is 0 Å². The van der Waals surface area contributed by atoms with Gasteiger partial charge >= 0.3 is 0 Å². The fraction of sp³-hybridized carbons (Fsp3) is 0.318. The summed E-state index contributed by atoms with van der Waals surface area (Å²) in [4.78, 5) is 9.38. The second-order valence-corrected chi connectivity index (χ2v) is 7.92. The van der Waals surface area contributed by atoms with Gasteiger partial charge < -0.3 is 10.1 Å². The van der Waals surface area contributed by atoms with Crippen LogP contribution in [0.4, 0.5) is 10.3 Å². The van der Waals surface area contributed by atoms with Crippen molar-refractivity contribution in [2.45, 2.75) is 38.8 Å². The zero-order valence-electron chi connectivity index (χ0n) is 16.6. The minimum atomic E-state index is -0.227. The van der Waals surface area contributed by atoms with Gasteiger partial charge in [0.25, 0.3) is 0 Å². The number of ether oxygens (including phenoxy) is 1. The lowest BCUT2D eigenvalue weighted by Crippen LogP contribution is -2.10. The Kier molecular flexibility index (Phi) is 3.81. The number of aromatic nitrogens is 5. The Hall–Kier alpha value is -3.42. The number of hydrogen-bond donors (Lipinski definition) is 1. The zero-order valence-corrected chi connectivity index (χ0v) is 16.6. The maximum atomic E-state index is 14.5. The summed E-state index contributed by atoms with van der Waals surface area (Å²) in [6.07, 6.45) is 8.63. The van der Waals surface area contributed by atoms with Gasteiger partial charge in [0.2, 0.25) is 5.95 Å². The second kappa shape index (κ2) is 6.55. The van der Waals surface area contributed by atoms with Crippen LogP contribution in [0.15, 0.2) is 36.8 Å². The molecule has 8 heteroatoms. The van der Waals surface area contributed by atoms with E-state index in [-0.39, 0.29) is 5.82 Å². The van der Waals surface area contributed by atoms with Gasteiger partial charge in [-0.3, -0.25) is 9.08 Å². The first-order valence-electron chi connectivity index (χ1n) is 10.2. The number of anilines is 1. The molecule has 4 aromatic rings. The second-order valence-electron chi connectivity index (χ2n) is 7.92. The van der Waals surface area contributed by atoms with Gasteiger partial charge in [0, 0.05) is 42.7 Å². The van der Waals surface area contributed by atoms with E-state index in [1.165, 1.54) is 6.07 Å². The smallest absolute Gasteiger partial charge is 0.208 e. The Morgan fingerprint density at radius 1 is 1.27 bits per heavy atom. The molecular formula is C22H21FN6O. The SMILES string of the molecule is Cc1cn2c(NCc3c(F)ccc4c3CCO4)ncc(-c3ccnn3C3CC3)c2n1. The first kappa shape index (κ1) is 17.4. The lowest BCUT2D eigenvalue weighted by molar-refractivity contribution is 0.356. The van der Waals surface area contributed by atoms with E-state index in [2.05, 4.69) is 20.1 Å². The van der Waals surface area contributed by atoms with E-state index in [0.29, 0.717) is 30.7 Å². The van der Waals surface area contributed by atoms with Crippen LogP contribution in [-0.2, 0) is 13.0 Å². The lowest BCUT2D eigenvalue weighted by Gasteiger charge is -2.13. The third-order valence-electron chi connectivity index (χ3n) is 5.81. The average molecular weight is 404 g/mol. The van der Waals surface area contributed by atoms with Crippen LogP contribution in [0.3, 0.4) is 0 Å². The van der Waals surface area contributed by atoms with Crippen LogP contribution in [0.25, 0.3) is 16.9 Å². The van der Waals surface area contributed by atoms with E-state index in [4.69, 9.17) is 9.72 Å². The predicted octanol–water partition coefficient (Wildman–Crippen LogP) is 3.92. The number of nitrogens with zero attached hydrogens (tertiary/aromatic N) is 5. The average Bonchev–Trinajstić information content (AvgIpc) is 3.14. The monoisotopic (exact) mass is 404 g/mol. The van der Waals surface area contributed by atoms with Gasteiger partial charge in [-0.15, -0.1) is 0 Å². The highest BCUT2D eigenvalue weighted by molar-refractivity contribution is 5.76. The number of imidazole rings is 1. The molecule has 2 aliphatic rings. The third kappa shape index (κ3) is 2.74. The molecule has 7 nitrogen and oxygen atoms in total. The Bertz CT molecular complexity index is 1270. The minimum absolute atomic E-state index is 0.227. The molecule has 152 valence electrons. The molecule has 1 saturated carbocycles. The molecule has 1 N–H and O–H groups in total. The Morgan fingerprint density at radius 2 is 2.17 bits per heavy atom. The summed E-state index contributed by atoms with van der Waals surface area (Å²) in [5.41, 5.74) is 5.24. The fourth-order valence-electron chi connectivity index (χ4n) is 4.22. The van der Waals surface area contributed by atoms with E-state index in [9.17, 15) is 4.39 Å². The van der Waals surface area contributed by atoms with Gasteiger partial charge in [-0.1, -0.05) is 0 Å². The van der Waals surface area contributed by atoms with E-state index in [1.807, 2.05) is 36.0 Å². The molecule has 0 unspecified atom stereocenters. The quantitative estimate of drug-likeness (QED) is 0.546. The van der Waals surface area contributed by atoms with Crippen molar-refractivity contribution < 1.29 is 9.13 Å². The number of aryl methyl sites for hydroxylation is 1. The number of benzene rings is 1. The van der Waals surface area contributed by atoms with Crippen molar-refractivity contribution in [1.29, 1.82) is 0 Å². The summed E-state index contributed by atoms with van der Waals surface area (Å²) in [5, 5.41) is 7.80. The summed E-state index contributed by atoms with van der Waals surface area (Å²) in [5.74, 6) is 1.17. The first-order valence-corrected chi connectivity index (χ1v) is 10.2. The third-order valence-corrected chi connectivity index (χ3v) is 5.81. The van der Waals surface area contributed by atoms with Crippen LogP contribution in [-0.4, -0.2) is 30.8 Å². The Balaban J connectivity index is 1.38. The molecule has 3 aromatic heterocycles. The van der Waals surface area contributed by atoms with Gasteiger partial charge in [0.15, 0.2) is 5.65 Å². The first-order chi connectivity index (χ1) is 14.7. The lowest BCUT2D eigenvalue weighted by atomic mass is 10.0. The van der Waals surface area contributed by atoms with E-state index >= 15 is 0 Å². The van der Waals surface area contributed by atoms with Crippen molar-refractivity contribution in [3.8, 4) is 17.0 Å². The normalized spacial score (nSPS) is 15.4. The van der Waals surface area contributed by atoms with Gasteiger partial charge in [-0.05, 0) is 38.0 Å². The maximum absolute atomic E-state index is 14.5. The maximum Gasteiger partial charge on any atom is 0.208 e. The van der Waals surface area contributed by atoms with Crippen LogP contribution in [0, 0.1) is 12.7 Å². The van der Waals surface area contributed by atoms with Crippen LogP contribution >= 0.6 is 0 Å². The Labute approximate surface area is 172 Å². The summed E-state index contributed by atoms with van der Waals surface area (Å²) in [6.45, 7) is 2.88. The van der Waals surface area contributed by atoms with Crippen molar-refractivity contribution in [2.75, 3.05) is 11.9 Å². The summed E-state index contributed by atoms with van der Waals surface area (Å²) < 4.78 is 24.1. The number of hydrogen-bond acceptors (Lipinski definition) is 5. The van der Waals surface area contributed by atoms with Crippen molar-refractivity contribution in [3.05, 3.63) is 59.4 Å². The molecule has 0 spiro atoms. The van der Waals surface area contributed by atoms with Crippen LogP contribution in [0.5, 0.6) is 5.75 Å². The molecule has 0 saturated heterocycles. The standard InChI is InChI=1S/C22H21FN6O/c1-13-12-28-21(27-13)17(19-6-8-26-29(19)14-2-3-14)11-25-22(28)24-10-16-15-7-9-30-20(15)5-4-18(16)23/h4-6,8,11-12,14H,2-3,7,9-10H2,1H3,(H,24,25). The molecule has 1 aliphatic carbocycles. The zero-order chi connectivity index (χ0) is 20.2.